The Kier molecular flexibility index (Phi) is 7.08. The molecule has 1 aliphatic heterocycles. The molecule has 35 heavy (non-hydrogen) atoms. The molecule has 2 amide bonds. The smallest absolute Gasteiger partial charge is 0.326 e. The van der Waals surface area contributed by atoms with Gasteiger partial charge in [-0.2, -0.15) is 5.26 Å². The van der Waals surface area contributed by atoms with E-state index in [0.717, 1.165) is 44.4 Å². The van der Waals surface area contributed by atoms with Gasteiger partial charge in [-0.1, -0.05) is 43.3 Å². The third-order valence-corrected chi connectivity index (χ3v) is 7.00. The maximum atomic E-state index is 13.0. The number of amides is 2. The van der Waals surface area contributed by atoms with Gasteiger partial charge in [0.25, 0.3) is 11.1 Å². The molecule has 0 spiro atoms. The third kappa shape index (κ3) is 4.86. The fraction of sp³-hybridized carbons (Fsp3) is 0.259. The zero-order valence-corrected chi connectivity index (χ0v) is 20.6. The lowest BCUT2D eigenvalue weighted by molar-refractivity contribution is -0.150. The number of nitrogens with zero attached hydrogens (tertiary/aromatic N) is 3. The summed E-state index contributed by atoms with van der Waals surface area (Å²) in [4.78, 5) is 38.9. The van der Waals surface area contributed by atoms with Crippen molar-refractivity contribution in [2.75, 3.05) is 6.54 Å². The number of nitriles is 1. The number of hydrogen-bond donors (Lipinski definition) is 0. The monoisotopic (exact) mass is 487 g/mol. The predicted octanol–water partition coefficient (Wildman–Crippen LogP) is 5.25. The van der Waals surface area contributed by atoms with Crippen LogP contribution < -0.4 is 0 Å². The molecular weight excluding hydrogens is 462 g/mol. The lowest BCUT2D eigenvalue weighted by Gasteiger charge is -2.14. The van der Waals surface area contributed by atoms with E-state index >= 15 is 0 Å². The van der Waals surface area contributed by atoms with Crippen LogP contribution in [0, 0.1) is 18.3 Å². The van der Waals surface area contributed by atoms with E-state index in [9.17, 15) is 19.6 Å². The number of hydrogen-bond acceptors (Lipinski definition) is 6. The average molecular weight is 488 g/mol. The van der Waals surface area contributed by atoms with Crippen LogP contribution in [0.1, 0.15) is 42.7 Å². The number of carbonyl (C=O) groups excluding carboxylic acids is 3. The number of para-hydroxylation sites is 1. The fourth-order valence-electron chi connectivity index (χ4n) is 4.02. The molecule has 1 atom stereocenters. The molecule has 1 aliphatic rings. The minimum Gasteiger partial charge on any atom is -0.461 e. The summed E-state index contributed by atoms with van der Waals surface area (Å²) in [6, 6.07) is 17.5. The first-order chi connectivity index (χ1) is 16.8. The van der Waals surface area contributed by atoms with Crippen LogP contribution in [0.2, 0.25) is 0 Å². The van der Waals surface area contributed by atoms with Crippen molar-refractivity contribution in [1.29, 1.82) is 5.26 Å². The Labute approximate surface area is 208 Å². The highest BCUT2D eigenvalue weighted by molar-refractivity contribution is 8.18. The topological polar surface area (TPSA) is 92.4 Å². The summed E-state index contributed by atoms with van der Waals surface area (Å²) in [6.07, 6.45) is 2.09. The van der Waals surface area contributed by atoms with Gasteiger partial charge in [-0.05, 0) is 55.8 Å². The van der Waals surface area contributed by atoms with Crippen LogP contribution in [0.25, 0.3) is 17.0 Å². The van der Waals surface area contributed by atoms with Crippen LogP contribution in [-0.2, 0) is 20.9 Å². The van der Waals surface area contributed by atoms with Gasteiger partial charge in [0.15, 0.2) is 0 Å². The zero-order chi connectivity index (χ0) is 25.1. The summed E-state index contributed by atoms with van der Waals surface area (Å²) in [6.45, 7) is 5.69. The molecule has 0 unspecified atom stereocenters. The van der Waals surface area contributed by atoms with Crippen molar-refractivity contribution < 1.29 is 19.1 Å². The Bertz CT molecular complexity index is 1400. The Hall–Kier alpha value is -3.83. The van der Waals surface area contributed by atoms with Gasteiger partial charge < -0.3 is 9.30 Å². The molecular formula is C27H25N3O4S. The number of esters is 1. The van der Waals surface area contributed by atoms with Gasteiger partial charge in [0.2, 0.25) is 0 Å². The van der Waals surface area contributed by atoms with Crippen molar-refractivity contribution >= 4 is 45.9 Å². The molecule has 2 aromatic carbocycles. The number of aromatic nitrogens is 1. The highest BCUT2D eigenvalue weighted by Crippen LogP contribution is 2.36. The first-order valence-corrected chi connectivity index (χ1v) is 12.2. The van der Waals surface area contributed by atoms with E-state index in [1.807, 2.05) is 56.3 Å². The second kappa shape index (κ2) is 10.2. The summed E-state index contributed by atoms with van der Waals surface area (Å²) >= 11 is 0.818. The van der Waals surface area contributed by atoms with Gasteiger partial charge in [0.1, 0.15) is 6.54 Å². The van der Waals surface area contributed by atoms with E-state index in [-0.39, 0.29) is 11.0 Å². The molecule has 0 bridgehead atoms. The Morgan fingerprint density at radius 2 is 1.89 bits per heavy atom. The molecule has 0 saturated carbocycles. The predicted molar refractivity (Wildman–Crippen MR) is 135 cm³/mol. The van der Waals surface area contributed by atoms with E-state index in [0.29, 0.717) is 18.5 Å². The quantitative estimate of drug-likeness (QED) is 0.334. The SMILES string of the molecule is CC[C@@H](C)OC(=O)CN1C(=O)S/C(=C\c2c(C)n(Cc3ccccc3C#N)c3ccccc23)C1=O. The maximum Gasteiger partial charge on any atom is 0.326 e. The fourth-order valence-corrected chi connectivity index (χ4v) is 4.84. The number of imide groups is 1. The highest BCUT2D eigenvalue weighted by Gasteiger charge is 2.37. The van der Waals surface area contributed by atoms with Crippen molar-refractivity contribution in [3.05, 3.63) is 75.8 Å². The van der Waals surface area contributed by atoms with Gasteiger partial charge >= 0.3 is 5.97 Å². The lowest BCUT2D eigenvalue weighted by atomic mass is 10.1. The molecule has 0 aliphatic carbocycles. The molecule has 0 N–H and O–H groups in total. The van der Waals surface area contributed by atoms with Crippen molar-refractivity contribution in [2.45, 2.75) is 39.8 Å². The maximum absolute atomic E-state index is 13.0. The van der Waals surface area contributed by atoms with Gasteiger partial charge in [0, 0.05) is 28.7 Å². The van der Waals surface area contributed by atoms with Crippen molar-refractivity contribution in [3.63, 3.8) is 0 Å². The highest BCUT2D eigenvalue weighted by atomic mass is 32.2. The molecule has 178 valence electrons. The van der Waals surface area contributed by atoms with E-state index < -0.39 is 23.7 Å². The third-order valence-electron chi connectivity index (χ3n) is 6.09. The molecule has 2 heterocycles. The minimum atomic E-state index is -0.605. The normalized spacial score (nSPS) is 15.6. The molecule has 3 aromatic rings. The summed E-state index contributed by atoms with van der Waals surface area (Å²) < 4.78 is 7.33. The molecule has 1 fully saturated rings. The summed E-state index contributed by atoms with van der Waals surface area (Å²) in [5.74, 6) is -1.11. The number of fused-ring (bicyclic) bond motifs is 1. The molecule has 4 rings (SSSR count). The van der Waals surface area contributed by atoms with Gasteiger partial charge in [-0.25, -0.2) is 0 Å². The molecule has 8 heteroatoms. The van der Waals surface area contributed by atoms with Gasteiger partial charge in [-0.15, -0.1) is 0 Å². The van der Waals surface area contributed by atoms with E-state index in [1.54, 1.807) is 19.1 Å². The van der Waals surface area contributed by atoms with E-state index in [1.165, 1.54) is 0 Å². The number of ether oxygens (including phenoxy) is 1. The number of carbonyl (C=O) groups is 3. The van der Waals surface area contributed by atoms with Gasteiger partial charge in [0.05, 0.1) is 22.6 Å². The number of thioether (sulfide) groups is 1. The molecule has 1 saturated heterocycles. The van der Waals surface area contributed by atoms with Crippen LogP contribution in [0.3, 0.4) is 0 Å². The van der Waals surface area contributed by atoms with E-state index in [4.69, 9.17) is 4.74 Å². The zero-order valence-electron chi connectivity index (χ0n) is 19.8. The van der Waals surface area contributed by atoms with Crippen LogP contribution in [0.5, 0.6) is 0 Å². The Morgan fingerprint density at radius 3 is 2.63 bits per heavy atom. The number of rotatable bonds is 7. The second-order valence-corrected chi connectivity index (χ2v) is 9.34. The van der Waals surface area contributed by atoms with Crippen LogP contribution in [0.15, 0.2) is 53.4 Å². The van der Waals surface area contributed by atoms with Crippen molar-refractivity contribution in [3.8, 4) is 6.07 Å². The Morgan fingerprint density at radius 1 is 1.17 bits per heavy atom. The van der Waals surface area contributed by atoms with Crippen LogP contribution in [-0.4, -0.2) is 39.2 Å². The van der Waals surface area contributed by atoms with E-state index in [2.05, 4.69) is 10.6 Å². The van der Waals surface area contributed by atoms with Crippen molar-refractivity contribution in [2.24, 2.45) is 0 Å². The van der Waals surface area contributed by atoms with Crippen molar-refractivity contribution in [1.82, 2.24) is 9.47 Å². The summed E-state index contributed by atoms with van der Waals surface area (Å²) in [5.41, 5.74) is 4.19. The molecule has 7 nitrogen and oxygen atoms in total. The second-order valence-electron chi connectivity index (χ2n) is 8.35. The van der Waals surface area contributed by atoms with Gasteiger partial charge in [-0.3, -0.25) is 19.3 Å². The summed E-state index contributed by atoms with van der Waals surface area (Å²) in [5, 5.41) is 9.94. The first kappa shape index (κ1) is 24.3. The van der Waals surface area contributed by atoms with Crippen LogP contribution in [0.4, 0.5) is 4.79 Å². The van der Waals surface area contributed by atoms with Crippen LogP contribution >= 0.6 is 11.8 Å². The molecule has 1 aromatic heterocycles. The Balaban J connectivity index is 1.68. The average Bonchev–Trinajstić information content (AvgIpc) is 3.27. The molecule has 0 radical (unpaired) electrons. The number of benzene rings is 2. The lowest BCUT2D eigenvalue weighted by Crippen LogP contribution is -2.35. The minimum absolute atomic E-state index is 0.259. The summed E-state index contributed by atoms with van der Waals surface area (Å²) in [7, 11) is 0. The first-order valence-electron chi connectivity index (χ1n) is 11.3. The standard InChI is InChI=1S/C27H25N3O4S/c1-4-17(2)34-25(31)16-30-26(32)24(35-27(30)33)13-22-18(3)29(23-12-8-7-11-21(22)23)15-20-10-6-5-9-19(20)14-28/h5-13,17H,4,15-16H2,1-3H3/b24-13-/t17-/m1/s1. The largest absolute Gasteiger partial charge is 0.461 e.